The van der Waals surface area contributed by atoms with Gasteiger partial charge in [-0.25, -0.2) is 0 Å². The van der Waals surface area contributed by atoms with Gasteiger partial charge >= 0.3 is 0 Å². The van der Waals surface area contributed by atoms with Crippen molar-refractivity contribution in [2.45, 2.75) is 0 Å². The molecule has 5 nitrogen and oxygen atoms in total. The summed E-state index contributed by atoms with van der Waals surface area (Å²) in [5.41, 5.74) is 11.2. The van der Waals surface area contributed by atoms with E-state index in [-0.39, 0.29) is 0 Å². The first-order valence-electron chi connectivity index (χ1n) is 12.4. The third kappa shape index (κ3) is 3.64. The molecule has 0 amide bonds. The molecule has 5 aromatic rings. The molecule has 7 rings (SSSR count). The van der Waals surface area contributed by atoms with E-state index in [1.54, 1.807) is 0 Å². The summed E-state index contributed by atoms with van der Waals surface area (Å²) in [7, 11) is 2.09. The highest BCUT2D eigenvalue weighted by Crippen LogP contribution is 2.51. The number of rotatable bonds is 3. The van der Waals surface area contributed by atoms with Crippen LogP contribution in [0.25, 0.3) is 33.5 Å². The first-order valence-corrected chi connectivity index (χ1v) is 12.4. The predicted molar refractivity (Wildman–Crippen MR) is 151 cm³/mol. The van der Waals surface area contributed by atoms with Gasteiger partial charge in [0.2, 0.25) is 0 Å². The summed E-state index contributed by atoms with van der Waals surface area (Å²) in [5, 5.41) is 0. The molecule has 0 N–H and O–H groups in total. The molecule has 0 aliphatic carbocycles. The summed E-state index contributed by atoms with van der Waals surface area (Å²) >= 11 is 0. The molecule has 0 bridgehead atoms. The molecule has 0 spiro atoms. The molecule has 0 saturated heterocycles. The molecular formula is C32H25N5. The Bertz CT molecular complexity index is 1640. The van der Waals surface area contributed by atoms with Gasteiger partial charge < -0.3 is 14.7 Å². The minimum absolute atomic E-state index is 0.824. The maximum atomic E-state index is 4.60. The quantitative estimate of drug-likeness (QED) is 0.264. The van der Waals surface area contributed by atoms with E-state index in [1.165, 1.54) is 11.1 Å². The van der Waals surface area contributed by atoms with Crippen molar-refractivity contribution in [3.05, 3.63) is 122 Å². The highest BCUT2D eigenvalue weighted by atomic mass is 15.3. The van der Waals surface area contributed by atoms with Crippen molar-refractivity contribution >= 4 is 22.7 Å². The zero-order chi connectivity index (χ0) is 24.8. The highest BCUT2D eigenvalue weighted by Gasteiger charge is 2.27. The number of anilines is 4. The van der Waals surface area contributed by atoms with E-state index in [0.717, 1.165) is 51.8 Å². The van der Waals surface area contributed by atoms with Crippen molar-refractivity contribution in [3.63, 3.8) is 0 Å². The van der Waals surface area contributed by atoms with Gasteiger partial charge in [0, 0.05) is 71.7 Å². The summed E-state index contributed by atoms with van der Waals surface area (Å²) in [6, 6.07) is 32.2. The van der Waals surface area contributed by atoms with Crippen LogP contribution in [0.3, 0.4) is 0 Å². The monoisotopic (exact) mass is 479 g/mol. The SMILES string of the molecule is CN1C=CN(c2ccc3c(c2)N(c2cccc(-c4ccccn4)c2)c2ccccc2-c2cnccc2-3)C1. The van der Waals surface area contributed by atoms with Crippen LogP contribution in [0.1, 0.15) is 0 Å². The Labute approximate surface area is 216 Å². The van der Waals surface area contributed by atoms with Crippen molar-refractivity contribution in [1.29, 1.82) is 0 Å². The first-order chi connectivity index (χ1) is 18.3. The lowest BCUT2D eigenvalue weighted by atomic mass is 9.96. The maximum absolute atomic E-state index is 4.60. The lowest BCUT2D eigenvalue weighted by Crippen LogP contribution is -2.22. The molecule has 0 radical (unpaired) electrons. The molecular weight excluding hydrogens is 454 g/mol. The van der Waals surface area contributed by atoms with Crippen LogP contribution in [-0.2, 0) is 0 Å². The predicted octanol–water partition coefficient (Wildman–Crippen LogP) is 7.44. The van der Waals surface area contributed by atoms with Crippen LogP contribution in [-0.4, -0.2) is 28.6 Å². The molecule has 4 heterocycles. The van der Waals surface area contributed by atoms with E-state index in [1.807, 2.05) is 30.7 Å². The van der Waals surface area contributed by atoms with Gasteiger partial charge in [0.1, 0.15) is 0 Å². The summed E-state index contributed by atoms with van der Waals surface area (Å²) < 4.78 is 0. The summed E-state index contributed by atoms with van der Waals surface area (Å²) in [4.78, 5) is 15.9. The van der Waals surface area contributed by atoms with Crippen molar-refractivity contribution in [1.82, 2.24) is 14.9 Å². The lowest BCUT2D eigenvalue weighted by molar-refractivity contribution is 0.496. The second-order valence-electron chi connectivity index (χ2n) is 9.41. The van der Waals surface area contributed by atoms with Gasteiger partial charge in [0.05, 0.1) is 23.7 Å². The molecule has 3 aromatic carbocycles. The summed E-state index contributed by atoms with van der Waals surface area (Å²) in [6.07, 6.45) is 9.95. The normalized spacial score (nSPS) is 13.7. The molecule has 37 heavy (non-hydrogen) atoms. The second-order valence-corrected chi connectivity index (χ2v) is 9.41. The fraction of sp³-hybridized carbons (Fsp3) is 0.0625. The van der Waals surface area contributed by atoms with Crippen LogP contribution in [0.2, 0.25) is 0 Å². The van der Waals surface area contributed by atoms with Gasteiger partial charge in [-0.3, -0.25) is 9.97 Å². The minimum atomic E-state index is 0.824. The number of nitrogens with zero attached hydrogens (tertiary/aromatic N) is 5. The summed E-state index contributed by atoms with van der Waals surface area (Å²) in [5.74, 6) is 0. The van der Waals surface area contributed by atoms with E-state index in [2.05, 4.69) is 123 Å². The Morgan fingerprint density at radius 2 is 1.54 bits per heavy atom. The molecule has 2 aromatic heterocycles. The Morgan fingerprint density at radius 3 is 2.41 bits per heavy atom. The van der Waals surface area contributed by atoms with Crippen molar-refractivity contribution in [2.24, 2.45) is 0 Å². The van der Waals surface area contributed by atoms with Gasteiger partial charge in [-0.05, 0) is 54.1 Å². The summed E-state index contributed by atoms with van der Waals surface area (Å²) in [6.45, 7) is 0.824. The van der Waals surface area contributed by atoms with E-state index in [9.17, 15) is 0 Å². The number of hydrogen-bond acceptors (Lipinski definition) is 5. The van der Waals surface area contributed by atoms with Crippen LogP contribution in [0, 0.1) is 0 Å². The van der Waals surface area contributed by atoms with Crippen molar-refractivity contribution < 1.29 is 0 Å². The van der Waals surface area contributed by atoms with Gasteiger partial charge in [0.25, 0.3) is 0 Å². The highest BCUT2D eigenvalue weighted by molar-refractivity contribution is 6.03. The maximum Gasteiger partial charge on any atom is 0.0938 e. The smallest absolute Gasteiger partial charge is 0.0938 e. The third-order valence-corrected chi connectivity index (χ3v) is 7.04. The van der Waals surface area contributed by atoms with Crippen LogP contribution in [0.4, 0.5) is 22.7 Å². The number of para-hydroxylation sites is 1. The zero-order valence-corrected chi connectivity index (χ0v) is 20.5. The van der Waals surface area contributed by atoms with Gasteiger partial charge in [-0.15, -0.1) is 0 Å². The number of aromatic nitrogens is 2. The van der Waals surface area contributed by atoms with Gasteiger partial charge in [-0.2, -0.15) is 0 Å². The lowest BCUT2D eigenvalue weighted by Gasteiger charge is -2.29. The Kier molecular flexibility index (Phi) is 5.00. The molecule has 0 saturated carbocycles. The average Bonchev–Trinajstić information content (AvgIpc) is 3.35. The molecule has 5 heteroatoms. The second kappa shape index (κ2) is 8.64. The number of benzene rings is 3. The largest absolute Gasteiger partial charge is 0.361 e. The molecule has 2 aliphatic rings. The van der Waals surface area contributed by atoms with Crippen LogP contribution in [0.15, 0.2) is 122 Å². The van der Waals surface area contributed by atoms with E-state index < -0.39 is 0 Å². The van der Waals surface area contributed by atoms with Crippen molar-refractivity contribution in [3.8, 4) is 33.5 Å². The molecule has 0 atom stereocenters. The zero-order valence-electron chi connectivity index (χ0n) is 20.5. The van der Waals surface area contributed by atoms with Crippen LogP contribution >= 0.6 is 0 Å². The van der Waals surface area contributed by atoms with Gasteiger partial charge in [-0.1, -0.05) is 42.5 Å². The Morgan fingerprint density at radius 1 is 0.649 bits per heavy atom. The number of fused-ring (bicyclic) bond motifs is 5. The fourth-order valence-electron chi connectivity index (χ4n) is 5.29. The van der Waals surface area contributed by atoms with E-state index in [0.29, 0.717) is 0 Å². The van der Waals surface area contributed by atoms with Crippen molar-refractivity contribution in [2.75, 3.05) is 23.5 Å². The Hall–Kier alpha value is -4.90. The van der Waals surface area contributed by atoms with E-state index >= 15 is 0 Å². The standard InChI is InChI=1S/C32H25N5/c1-35-17-18-36(22-35)24-12-13-28-26-14-16-33-21-29(26)27-9-2-3-11-31(27)37(32(28)20-24)25-8-6-7-23(19-25)30-10-4-5-15-34-30/h2-21H,22H2,1H3. The average molecular weight is 480 g/mol. The Balaban J connectivity index is 1.49. The fourth-order valence-corrected chi connectivity index (χ4v) is 5.29. The molecule has 2 aliphatic heterocycles. The topological polar surface area (TPSA) is 35.5 Å². The van der Waals surface area contributed by atoms with E-state index in [4.69, 9.17) is 0 Å². The van der Waals surface area contributed by atoms with Crippen LogP contribution in [0.5, 0.6) is 0 Å². The first kappa shape index (κ1) is 21.4. The molecule has 0 unspecified atom stereocenters. The number of pyridine rings is 2. The van der Waals surface area contributed by atoms with Gasteiger partial charge in [0.15, 0.2) is 0 Å². The molecule has 178 valence electrons. The molecule has 0 fully saturated rings. The minimum Gasteiger partial charge on any atom is -0.361 e. The van der Waals surface area contributed by atoms with Crippen LogP contribution < -0.4 is 9.80 Å². The number of hydrogen-bond donors (Lipinski definition) is 0. The third-order valence-electron chi connectivity index (χ3n) is 7.04.